The van der Waals surface area contributed by atoms with Crippen LogP contribution in [0.15, 0.2) is 24.3 Å². The standard InChI is InChI=1S/C20H32O/c1-2-3-4-5-6-7-8-17-9-12-19(13-10-17)20-14-11-18(15-20)16-21/h9-10,12-13,18,20-21H,2-8,11,14-16H2,1H3/t18-,20-/m0/s1. The summed E-state index contributed by atoms with van der Waals surface area (Å²) >= 11 is 0. The van der Waals surface area contributed by atoms with Gasteiger partial charge in [-0.25, -0.2) is 0 Å². The van der Waals surface area contributed by atoms with E-state index in [1.54, 1.807) is 0 Å². The zero-order valence-corrected chi connectivity index (χ0v) is 13.7. The second-order valence-electron chi connectivity index (χ2n) is 6.82. The molecule has 0 bridgehead atoms. The molecule has 0 saturated heterocycles. The highest BCUT2D eigenvalue weighted by molar-refractivity contribution is 5.26. The number of hydrogen-bond donors (Lipinski definition) is 1. The van der Waals surface area contributed by atoms with Crippen LogP contribution in [0, 0.1) is 5.92 Å². The molecule has 0 aliphatic heterocycles. The fraction of sp³-hybridized carbons (Fsp3) is 0.700. The fourth-order valence-electron chi connectivity index (χ4n) is 3.61. The molecule has 118 valence electrons. The average molecular weight is 288 g/mol. The molecule has 1 aromatic carbocycles. The van der Waals surface area contributed by atoms with Crippen LogP contribution < -0.4 is 0 Å². The Bertz CT molecular complexity index is 381. The van der Waals surface area contributed by atoms with Gasteiger partial charge in [0, 0.05) is 6.61 Å². The van der Waals surface area contributed by atoms with Gasteiger partial charge in [0.25, 0.3) is 0 Å². The predicted molar refractivity (Wildman–Crippen MR) is 90.7 cm³/mol. The zero-order chi connectivity index (χ0) is 14.9. The van der Waals surface area contributed by atoms with Crippen LogP contribution in [0.2, 0.25) is 0 Å². The number of aryl methyl sites for hydroxylation is 1. The van der Waals surface area contributed by atoms with E-state index in [0.29, 0.717) is 18.4 Å². The maximum Gasteiger partial charge on any atom is 0.0459 e. The van der Waals surface area contributed by atoms with Gasteiger partial charge in [0.15, 0.2) is 0 Å². The summed E-state index contributed by atoms with van der Waals surface area (Å²) in [6.45, 7) is 2.64. The van der Waals surface area contributed by atoms with E-state index >= 15 is 0 Å². The Hall–Kier alpha value is -0.820. The number of aliphatic hydroxyl groups excluding tert-OH is 1. The molecular formula is C20H32O. The molecule has 1 saturated carbocycles. The van der Waals surface area contributed by atoms with Gasteiger partial charge in [-0.2, -0.15) is 0 Å². The van der Waals surface area contributed by atoms with Crippen molar-refractivity contribution in [2.24, 2.45) is 5.92 Å². The fourth-order valence-corrected chi connectivity index (χ4v) is 3.61. The van der Waals surface area contributed by atoms with Gasteiger partial charge in [-0.05, 0) is 55.1 Å². The highest BCUT2D eigenvalue weighted by Gasteiger charge is 2.24. The van der Waals surface area contributed by atoms with Crippen LogP contribution in [0.1, 0.15) is 81.8 Å². The first kappa shape index (κ1) is 16.5. The zero-order valence-electron chi connectivity index (χ0n) is 13.7. The molecule has 1 aromatic rings. The molecule has 2 rings (SSSR count). The number of rotatable bonds is 9. The van der Waals surface area contributed by atoms with Crippen molar-refractivity contribution in [3.05, 3.63) is 35.4 Å². The number of aliphatic hydroxyl groups is 1. The third-order valence-electron chi connectivity index (χ3n) is 5.07. The molecule has 1 N–H and O–H groups in total. The van der Waals surface area contributed by atoms with Crippen LogP contribution in [-0.4, -0.2) is 11.7 Å². The lowest BCUT2D eigenvalue weighted by molar-refractivity contribution is 0.229. The first-order valence-corrected chi connectivity index (χ1v) is 9.03. The second-order valence-corrected chi connectivity index (χ2v) is 6.82. The van der Waals surface area contributed by atoms with Crippen LogP contribution in [-0.2, 0) is 6.42 Å². The molecule has 0 amide bonds. The molecule has 0 heterocycles. The number of unbranched alkanes of at least 4 members (excludes halogenated alkanes) is 5. The third kappa shape index (κ3) is 5.47. The van der Waals surface area contributed by atoms with Crippen LogP contribution in [0.25, 0.3) is 0 Å². The van der Waals surface area contributed by atoms with Crippen molar-refractivity contribution in [2.45, 2.75) is 77.0 Å². The van der Waals surface area contributed by atoms with E-state index in [1.807, 2.05) is 0 Å². The molecule has 0 spiro atoms. The minimum absolute atomic E-state index is 0.368. The Labute approximate surface area is 130 Å². The minimum Gasteiger partial charge on any atom is -0.396 e. The van der Waals surface area contributed by atoms with Gasteiger partial charge in [-0.3, -0.25) is 0 Å². The van der Waals surface area contributed by atoms with Crippen molar-refractivity contribution < 1.29 is 5.11 Å². The van der Waals surface area contributed by atoms with Crippen molar-refractivity contribution in [1.82, 2.24) is 0 Å². The van der Waals surface area contributed by atoms with Crippen LogP contribution >= 0.6 is 0 Å². The van der Waals surface area contributed by atoms with E-state index in [4.69, 9.17) is 0 Å². The Morgan fingerprint density at radius 2 is 1.67 bits per heavy atom. The van der Waals surface area contributed by atoms with E-state index in [9.17, 15) is 5.11 Å². The molecule has 1 aliphatic rings. The van der Waals surface area contributed by atoms with Gasteiger partial charge in [0.2, 0.25) is 0 Å². The van der Waals surface area contributed by atoms with Crippen molar-refractivity contribution in [2.75, 3.05) is 6.61 Å². The summed E-state index contributed by atoms with van der Waals surface area (Å²) in [6, 6.07) is 9.31. The number of benzene rings is 1. The topological polar surface area (TPSA) is 20.2 Å². The van der Waals surface area contributed by atoms with Crippen molar-refractivity contribution in [3.8, 4) is 0 Å². The Kier molecular flexibility index (Phi) is 7.29. The monoisotopic (exact) mass is 288 g/mol. The largest absolute Gasteiger partial charge is 0.396 e. The molecule has 21 heavy (non-hydrogen) atoms. The summed E-state index contributed by atoms with van der Waals surface area (Å²) < 4.78 is 0. The normalized spacial score (nSPS) is 21.8. The van der Waals surface area contributed by atoms with Gasteiger partial charge in [-0.15, -0.1) is 0 Å². The van der Waals surface area contributed by atoms with E-state index < -0.39 is 0 Å². The summed E-state index contributed by atoms with van der Waals surface area (Å²) in [7, 11) is 0. The lowest BCUT2D eigenvalue weighted by Crippen LogP contribution is -2.00. The summed E-state index contributed by atoms with van der Waals surface area (Å²) in [5, 5.41) is 9.25. The van der Waals surface area contributed by atoms with E-state index in [-0.39, 0.29) is 0 Å². The minimum atomic E-state index is 0.368. The molecule has 0 unspecified atom stereocenters. The molecule has 0 radical (unpaired) electrons. The van der Waals surface area contributed by atoms with E-state index in [0.717, 1.165) is 0 Å². The van der Waals surface area contributed by atoms with E-state index in [2.05, 4.69) is 31.2 Å². The second kappa shape index (κ2) is 9.25. The maximum atomic E-state index is 9.25. The van der Waals surface area contributed by atoms with Gasteiger partial charge < -0.3 is 5.11 Å². The number of hydrogen-bond acceptors (Lipinski definition) is 1. The molecule has 1 fully saturated rings. The van der Waals surface area contributed by atoms with Crippen molar-refractivity contribution in [3.63, 3.8) is 0 Å². The first-order valence-electron chi connectivity index (χ1n) is 9.03. The third-order valence-corrected chi connectivity index (χ3v) is 5.07. The maximum absolute atomic E-state index is 9.25. The molecule has 1 aliphatic carbocycles. The summed E-state index contributed by atoms with van der Waals surface area (Å²) in [5.74, 6) is 1.23. The summed E-state index contributed by atoms with van der Waals surface area (Å²) in [5.41, 5.74) is 2.98. The molecule has 1 heteroatoms. The van der Waals surface area contributed by atoms with Crippen LogP contribution in [0.3, 0.4) is 0 Å². The molecule has 2 atom stereocenters. The predicted octanol–water partition coefficient (Wildman–Crippen LogP) is 5.47. The van der Waals surface area contributed by atoms with Gasteiger partial charge >= 0.3 is 0 Å². The molecule has 1 nitrogen and oxygen atoms in total. The lowest BCUT2D eigenvalue weighted by atomic mass is 9.94. The average Bonchev–Trinajstić information content (AvgIpc) is 3.00. The highest BCUT2D eigenvalue weighted by Crippen LogP contribution is 2.37. The van der Waals surface area contributed by atoms with Gasteiger partial charge in [-0.1, -0.05) is 63.3 Å². The molecular weight excluding hydrogens is 256 g/mol. The van der Waals surface area contributed by atoms with Gasteiger partial charge in [0.05, 0.1) is 0 Å². The Balaban J connectivity index is 1.70. The summed E-state index contributed by atoms with van der Waals surface area (Å²) in [6.07, 6.45) is 13.1. The van der Waals surface area contributed by atoms with Gasteiger partial charge in [0.1, 0.15) is 0 Å². The van der Waals surface area contributed by atoms with Crippen molar-refractivity contribution in [1.29, 1.82) is 0 Å². The quantitative estimate of drug-likeness (QED) is 0.598. The SMILES string of the molecule is CCCCCCCCc1ccc([C@H]2CC[C@H](CO)C2)cc1. The van der Waals surface area contributed by atoms with E-state index in [1.165, 1.54) is 75.3 Å². The smallest absolute Gasteiger partial charge is 0.0459 e. The van der Waals surface area contributed by atoms with Crippen LogP contribution in [0.5, 0.6) is 0 Å². The highest BCUT2D eigenvalue weighted by atomic mass is 16.3. The van der Waals surface area contributed by atoms with Crippen molar-refractivity contribution >= 4 is 0 Å². The lowest BCUT2D eigenvalue weighted by Gasteiger charge is -2.11. The first-order chi connectivity index (χ1) is 10.3. The summed E-state index contributed by atoms with van der Waals surface area (Å²) in [4.78, 5) is 0. The Morgan fingerprint density at radius 1 is 0.952 bits per heavy atom. The Morgan fingerprint density at radius 3 is 2.33 bits per heavy atom. The van der Waals surface area contributed by atoms with Crippen LogP contribution in [0.4, 0.5) is 0 Å². The molecule has 0 aromatic heterocycles.